The Kier molecular flexibility index (Phi) is 4.75. The SMILES string of the molecule is Cc1ncnc2c1ccn2[C@@H]1C[C@H](Oc2ccc(F)c3c2[C@@H](C)CCC3)[C@@H](O)[C@H]1O. The van der Waals surface area contributed by atoms with Crippen LogP contribution in [0.25, 0.3) is 11.0 Å². The molecule has 1 fully saturated rings. The summed E-state index contributed by atoms with van der Waals surface area (Å²) in [6, 6.07) is 4.66. The highest BCUT2D eigenvalue weighted by atomic mass is 19.1. The van der Waals surface area contributed by atoms with Crippen molar-refractivity contribution >= 4 is 11.0 Å². The maximum atomic E-state index is 14.3. The van der Waals surface area contributed by atoms with Crippen LogP contribution < -0.4 is 4.74 Å². The van der Waals surface area contributed by atoms with Crippen molar-refractivity contribution in [3.05, 3.63) is 53.4 Å². The van der Waals surface area contributed by atoms with Gasteiger partial charge in [0.2, 0.25) is 0 Å². The standard InChI is InChI=1S/C23H26FN3O3/c1-12-4-3-5-15-16(24)6-7-18(20(12)15)30-19-10-17(21(28)22(19)29)27-9-8-14-13(2)25-11-26-23(14)27/h6-9,11-12,17,19,21-22,28-29H,3-5,10H2,1-2H3/t12-,17+,19-,21-,22+/m0/s1. The number of rotatable bonds is 3. The summed E-state index contributed by atoms with van der Waals surface area (Å²) in [6.07, 6.45) is 3.83. The van der Waals surface area contributed by atoms with Gasteiger partial charge in [-0.15, -0.1) is 0 Å². The number of aliphatic hydroxyl groups is 2. The normalized spacial score (nSPS) is 28.6. The van der Waals surface area contributed by atoms with Crippen molar-refractivity contribution in [1.82, 2.24) is 14.5 Å². The largest absolute Gasteiger partial charge is 0.487 e. The van der Waals surface area contributed by atoms with E-state index < -0.39 is 18.3 Å². The lowest BCUT2D eigenvalue weighted by Gasteiger charge is -2.27. The molecule has 0 saturated heterocycles. The van der Waals surface area contributed by atoms with E-state index in [1.54, 1.807) is 6.07 Å². The monoisotopic (exact) mass is 411 g/mol. The summed E-state index contributed by atoms with van der Waals surface area (Å²) in [5, 5.41) is 22.5. The van der Waals surface area contributed by atoms with Crippen molar-refractivity contribution < 1.29 is 19.3 Å². The molecule has 0 bridgehead atoms. The van der Waals surface area contributed by atoms with Crippen molar-refractivity contribution in [2.24, 2.45) is 0 Å². The van der Waals surface area contributed by atoms with Gasteiger partial charge in [0.1, 0.15) is 41.9 Å². The maximum absolute atomic E-state index is 14.3. The van der Waals surface area contributed by atoms with Gasteiger partial charge in [-0.25, -0.2) is 14.4 Å². The summed E-state index contributed by atoms with van der Waals surface area (Å²) in [6.45, 7) is 4.00. The van der Waals surface area contributed by atoms with E-state index in [2.05, 4.69) is 16.9 Å². The molecule has 0 spiro atoms. The van der Waals surface area contributed by atoms with Gasteiger partial charge in [0.25, 0.3) is 0 Å². The van der Waals surface area contributed by atoms with Crippen LogP contribution in [0.15, 0.2) is 30.7 Å². The van der Waals surface area contributed by atoms with Crippen LogP contribution in [0.1, 0.15) is 55.0 Å². The molecule has 0 radical (unpaired) electrons. The van der Waals surface area contributed by atoms with Crippen molar-refractivity contribution in [2.45, 2.75) is 69.8 Å². The van der Waals surface area contributed by atoms with Crippen molar-refractivity contribution in [2.75, 3.05) is 0 Å². The minimum atomic E-state index is -1.05. The zero-order chi connectivity index (χ0) is 21.0. The Balaban J connectivity index is 1.46. The number of aromatic nitrogens is 3. The van der Waals surface area contributed by atoms with Crippen molar-refractivity contribution in [3.8, 4) is 5.75 Å². The molecule has 2 aromatic heterocycles. The second-order valence-electron chi connectivity index (χ2n) is 8.59. The lowest BCUT2D eigenvalue weighted by Crippen LogP contribution is -2.34. The summed E-state index contributed by atoms with van der Waals surface area (Å²) in [4.78, 5) is 8.58. The van der Waals surface area contributed by atoms with Crippen LogP contribution in [0.2, 0.25) is 0 Å². The summed E-state index contributed by atoms with van der Waals surface area (Å²) >= 11 is 0. The van der Waals surface area contributed by atoms with E-state index in [0.29, 0.717) is 18.6 Å². The molecule has 5 rings (SSSR count). The van der Waals surface area contributed by atoms with Gasteiger partial charge in [-0.2, -0.15) is 0 Å². The van der Waals surface area contributed by atoms with Crippen LogP contribution >= 0.6 is 0 Å². The number of ether oxygens (including phenoxy) is 1. The number of benzene rings is 1. The van der Waals surface area contributed by atoms with Gasteiger partial charge in [0, 0.05) is 23.6 Å². The van der Waals surface area contributed by atoms with Crippen molar-refractivity contribution in [3.63, 3.8) is 0 Å². The van der Waals surface area contributed by atoms with E-state index in [4.69, 9.17) is 4.74 Å². The predicted molar refractivity (Wildman–Crippen MR) is 110 cm³/mol. The minimum Gasteiger partial charge on any atom is -0.487 e. The molecule has 2 aliphatic rings. The smallest absolute Gasteiger partial charge is 0.143 e. The summed E-state index contributed by atoms with van der Waals surface area (Å²) in [7, 11) is 0. The van der Waals surface area contributed by atoms with Crippen LogP contribution in [0.3, 0.4) is 0 Å². The quantitative estimate of drug-likeness (QED) is 0.690. The molecule has 158 valence electrons. The molecule has 1 saturated carbocycles. The molecule has 0 amide bonds. The minimum absolute atomic E-state index is 0.192. The zero-order valence-corrected chi connectivity index (χ0v) is 17.1. The fourth-order valence-electron chi connectivity index (χ4n) is 5.13. The van der Waals surface area contributed by atoms with Crippen molar-refractivity contribution in [1.29, 1.82) is 0 Å². The molecule has 2 heterocycles. The highest BCUT2D eigenvalue weighted by Crippen LogP contribution is 2.42. The third-order valence-corrected chi connectivity index (χ3v) is 6.76. The van der Waals surface area contributed by atoms with Crippen LogP contribution in [0.4, 0.5) is 4.39 Å². The molecule has 5 atom stereocenters. The number of fused-ring (bicyclic) bond motifs is 2. The van der Waals surface area contributed by atoms with E-state index in [-0.39, 0.29) is 17.8 Å². The highest BCUT2D eigenvalue weighted by molar-refractivity contribution is 5.78. The van der Waals surface area contributed by atoms with Gasteiger partial charge in [-0.3, -0.25) is 0 Å². The van der Waals surface area contributed by atoms with Crippen LogP contribution in [0.5, 0.6) is 5.75 Å². The maximum Gasteiger partial charge on any atom is 0.143 e. The zero-order valence-electron chi connectivity index (χ0n) is 17.1. The van der Waals surface area contributed by atoms with E-state index in [9.17, 15) is 14.6 Å². The Morgan fingerprint density at radius 2 is 2.00 bits per heavy atom. The number of aryl methyl sites for hydroxylation is 1. The molecule has 7 heteroatoms. The average molecular weight is 411 g/mol. The average Bonchev–Trinajstić information content (AvgIpc) is 3.28. The Morgan fingerprint density at radius 1 is 1.17 bits per heavy atom. The molecule has 0 unspecified atom stereocenters. The molecule has 1 aromatic carbocycles. The fraction of sp³-hybridized carbons (Fsp3) is 0.478. The molecule has 2 N–H and O–H groups in total. The van der Waals surface area contributed by atoms with Gasteiger partial charge >= 0.3 is 0 Å². The Morgan fingerprint density at radius 3 is 2.83 bits per heavy atom. The highest BCUT2D eigenvalue weighted by Gasteiger charge is 2.45. The third-order valence-electron chi connectivity index (χ3n) is 6.76. The van der Waals surface area contributed by atoms with Gasteiger partial charge in [-0.1, -0.05) is 6.92 Å². The second-order valence-corrected chi connectivity index (χ2v) is 8.59. The number of hydrogen-bond acceptors (Lipinski definition) is 5. The van der Waals surface area contributed by atoms with Crippen LogP contribution in [0, 0.1) is 12.7 Å². The third kappa shape index (κ3) is 2.99. The first-order valence-corrected chi connectivity index (χ1v) is 10.6. The summed E-state index contributed by atoms with van der Waals surface area (Å²) in [5.41, 5.74) is 3.22. The molecule has 3 aromatic rings. The Labute approximate surface area is 174 Å². The van der Waals surface area contributed by atoms with Gasteiger partial charge in [0.15, 0.2) is 0 Å². The number of halogens is 1. The molecule has 2 aliphatic carbocycles. The number of nitrogens with zero attached hydrogens (tertiary/aromatic N) is 3. The predicted octanol–water partition coefficient (Wildman–Crippen LogP) is 3.43. The number of hydrogen-bond donors (Lipinski definition) is 2. The second kappa shape index (κ2) is 7.32. The summed E-state index contributed by atoms with van der Waals surface area (Å²) < 4.78 is 22.5. The molecule has 0 aliphatic heterocycles. The lowest BCUT2D eigenvalue weighted by atomic mass is 9.83. The molecular weight excluding hydrogens is 385 g/mol. The van der Waals surface area contributed by atoms with E-state index in [1.165, 1.54) is 12.4 Å². The molecule has 30 heavy (non-hydrogen) atoms. The van der Waals surface area contributed by atoms with E-state index in [0.717, 1.165) is 40.7 Å². The fourth-order valence-corrected chi connectivity index (χ4v) is 5.13. The Bertz CT molecular complexity index is 1100. The Hall–Kier alpha value is -2.51. The summed E-state index contributed by atoms with van der Waals surface area (Å²) in [5.74, 6) is 0.625. The molecular formula is C23H26FN3O3. The topological polar surface area (TPSA) is 80.4 Å². The lowest BCUT2D eigenvalue weighted by molar-refractivity contribution is -0.0167. The van der Waals surface area contributed by atoms with E-state index in [1.807, 2.05) is 23.8 Å². The first-order chi connectivity index (χ1) is 14.5. The molecule has 6 nitrogen and oxygen atoms in total. The first-order valence-electron chi connectivity index (χ1n) is 10.6. The van der Waals surface area contributed by atoms with E-state index >= 15 is 0 Å². The van der Waals surface area contributed by atoms with Gasteiger partial charge < -0.3 is 19.5 Å². The first kappa shape index (κ1) is 19.5. The van der Waals surface area contributed by atoms with Crippen LogP contribution in [-0.2, 0) is 6.42 Å². The number of aliphatic hydroxyl groups excluding tert-OH is 2. The van der Waals surface area contributed by atoms with Crippen LogP contribution in [-0.4, -0.2) is 43.1 Å². The van der Waals surface area contributed by atoms with Gasteiger partial charge in [0.05, 0.1) is 11.7 Å². The van der Waals surface area contributed by atoms with Gasteiger partial charge in [-0.05, 0) is 55.9 Å².